The average molecular weight is 341 g/mol. The Morgan fingerprint density at radius 2 is 2.00 bits per heavy atom. The normalized spacial score (nSPS) is 16.4. The molecular weight excluding hydrogens is 329 g/mol. The van der Waals surface area contributed by atoms with Crippen molar-refractivity contribution in [1.29, 1.82) is 0 Å². The number of hydrogen-bond acceptors (Lipinski definition) is 4. The average Bonchev–Trinajstić information content (AvgIpc) is 2.39. The predicted octanol–water partition coefficient (Wildman–Crippen LogP) is 2.07. The van der Waals surface area contributed by atoms with Crippen molar-refractivity contribution in [2.24, 2.45) is 0 Å². The first kappa shape index (κ1) is 11.2. The van der Waals surface area contributed by atoms with Gasteiger partial charge in [-0.25, -0.2) is 9.97 Å². The Balaban J connectivity index is 2.11. The summed E-state index contributed by atoms with van der Waals surface area (Å²) < 4.78 is 6.58. The molecule has 0 unspecified atom stereocenters. The van der Waals surface area contributed by atoms with Gasteiger partial charge >= 0.3 is 0 Å². The molecule has 0 saturated carbocycles. The summed E-state index contributed by atoms with van der Waals surface area (Å²) in [5.41, 5.74) is 1.00. The monoisotopic (exact) mass is 341 g/mol. The van der Waals surface area contributed by atoms with E-state index in [0.29, 0.717) is 0 Å². The van der Waals surface area contributed by atoms with Crippen molar-refractivity contribution in [3.63, 3.8) is 0 Å². The Bertz CT molecular complexity index is 540. The van der Waals surface area contributed by atoms with Gasteiger partial charge in [0.15, 0.2) is 0 Å². The lowest BCUT2D eigenvalue weighted by molar-refractivity contribution is 0.122. The van der Waals surface area contributed by atoms with Crippen LogP contribution in [0.3, 0.4) is 0 Å². The molecule has 1 aromatic carbocycles. The third-order valence-corrected chi connectivity index (χ3v) is 3.56. The molecule has 0 radical (unpaired) electrons. The Labute approximate surface area is 113 Å². The molecule has 0 aliphatic carbocycles. The summed E-state index contributed by atoms with van der Waals surface area (Å²) in [6, 6.07) is 6.25. The topological polar surface area (TPSA) is 38.2 Å². The van der Waals surface area contributed by atoms with Crippen LogP contribution in [0.5, 0.6) is 0 Å². The summed E-state index contributed by atoms with van der Waals surface area (Å²) in [6.07, 6.45) is 1.64. The number of aromatic nitrogens is 2. The van der Waals surface area contributed by atoms with Gasteiger partial charge in [-0.2, -0.15) is 0 Å². The number of morpholine rings is 1. The molecule has 1 fully saturated rings. The van der Waals surface area contributed by atoms with Crippen LogP contribution in [-0.2, 0) is 4.74 Å². The SMILES string of the molecule is Ic1ccc2ncnc(N3CCOCC3)c2c1. The van der Waals surface area contributed by atoms with Gasteiger partial charge in [0.1, 0.15) is 12.1 Å². The highest BCUT2D eigenvalue weighted by Crippen LogP contribution is 2.25. The van der Waals surface area contributed by atoms with Gasteiger partial charge in [0.05, 0.1) is 18.7 Å². The van der Waals surface area contributed by atoms with Crippen molar-refractivity contribution in [2.75, 3.05) is 31.2 Å². The lowest BCUT2D eigenvalue weighted by Gasteiger charge is -2.28. The van der Waals surface area contributed by atoms with E-state index in [4.69, 9.17) is 4.74 Å². The molecule has 0 atom stereocenters. The number of ether oxygens (including phenoxy) is 1. The smallest absolute Gasteiger partial charge is 0.140 e. The summed E-state index contributed by atoms with van der Waals surface area (Å²) in [5.74, 6) is 1.02. The van der Waals surface area contributed by atoms with Gasteiger partial charge in [0, 0.05) is 22.0 Å². The van der Waals surface area contributed by atoms with Crippen molar-refractivity contribution in [3.05, 3.63) is 28.1 Å². The second-order valence-corrected chi connectivity index (χ2v) is 5.20. The molecular formula is C12H12IN3O. The van der Waals surface area contributed by atoms with Crippen LogP contribution in [-0.4, -0.2) is 36.3 Å². The van der Waals surface area contributed by atoms with Gasteiger partial charge in [-0.3, -0.25) is 0 Å². The van der Waals surface area contributed by atoms with Gasteiger partial charge in [0.2, 0.25) is 0 Å². The van der Waals surface area contributed by atoms with Crippen LogP contribution in [0.15, 0.2) is 24.5 Å². The maximum atomic E-state index is 5.37. The first-order chi connectivity index (χ1) is 8.34. The van der Waals surface area contributed by atoms with Crippen LogP contribution in [0.2, 0.25) is 0 Å². The first-order valence-electron chi connectivity index (χ1n) is 5.57. The number of benzene rings is 1. The largest absolute Gasteiger partial charge is 0.378 e. The number of anilines is 1. The number of hydrogen-bond donors (Lipinski definition) is 0. The van der Waals surface area contributed by atoms with Crippen LogP contribution in [0.1, 0.15) is 0 Å². The fourth-order valence-electron chi connectivity index (χ4n) is 2.04. The van der Waals surface area contributed by atoms with Crippen molar-refractivity contribution in [3.8, 4) is 0 Å². The van der Waals surface area contributed by atoms with Gasteiger partial charge in [0.25, 0.3) is 0 Å². The lowest BCUT2D eigenvalue weighted by atomic mass is 10.2. The van der Waals surface area contributed by atoms with E-state index in [0.717, 1.165) is 43.0 Å². The first-order valence-corrected chi connectivity index (χ1v) is 6.65. The summed E-state index contributed by atoms with van der Waals surface area (Å²) >= 11 is 2.32. The van der Waals surface area contributed by atoms with Crippen LogP contribution >= 0.6 is 22.6 Å². The van der Waals surface area contributed by atoms with Crippen LogP contribution in [0.4, 0.5) is 5.82 Å². The third-order valence-electron chi connectivity index (χ3n) is 2.89. The minimum Gasteiger partial charge on any atom is -0.378 e. The number of nitrogens with zero attached hydrogens (tertiary/aromatic N) is 3. The summed E-state index contributed by atoms with van der Waals surface area (Å²) in [7, 11) is 0. The number of halogens is 1. The molecule has 0 N–H and O–H groups in total. The Morgan fingerprint density at radius 3 is 2.82 bits per heavy atom. The zero-order valence-corrected chi connectivity index (χ0v) is 11.4. The Hall–Kier alpha value is -0.950. The highest BCUT2D eigenvalue weighted by molar-refractivity contribution is 14.1. The summed E-state index contributed by atoms with van der Waals surface area (Å²) in [5, 5.41) is 1.13. The fraction of sp³-hybridized carbons (Fsp3) is 0.333. The van der Waals surface area contributed by atoms with Crippen molar-refractivity contribution in [1.82, 2.24) is 9.97 Å². The van der Waals surface area contributed by atoms with Gasteiger partial charge in [-0.15, -0.1) is 0 Å². The molecule has 0 amide bonds. The van der Waals surface area contributed by atoms with Crippen LogP contribution in [0.25, 0.3) is 10.9 Å². The zero-order valence-electron chi connectivity index (χ0n) is 9.27. The molecule has 3 rings (SSSR count). The maximum absolute atomic E-state index is 5.37. The highest BCUT2D eigenvalue weighted by atomic mass is 127. The second-order valence-electron chi connectivity index (χ2n) is 3.96. The molecule has 2 aromatic rings. The quantitative estimate of drug-likeness (QED) is 0.745. The van der Waals surface area contributed by atoms with Crippen molar-refractivity contribution >= 4 is 39.3 Å². The Morgan fingerprint density at radius 1 is 1.18 bits per heavy atom. The number of fused-ring (bicyclic) bond motifs is 1. The van der Waals surface area contributed by atoms with E-state index in [-0.39, 0.29) is 0 Å². The maximum Gasteiger partial charge on any atom is 0.140 e. The molecule has 0 bridgehead atoms. The van der Waals surface area contributed by atoms with Crippen molar-refractivity contribution < 1.29 is 4.74 Å². The standard InChI is InChI=1S/C12H12IN3O/c13-9-1-2-11-10(7-9)12(15-8-14-11)16-3-5-17-6-4-16/h1-2,7-8H,3-6H2. The summed E-state index contributed by atoms with van der Waals surface area (Å²) in [4.78, 5) is 11.0. The van der Waals surface area contributed by atoms with E-state index in [1.54, 1.807) is 6.33 Å². The van der Waals surface area contributed by atoms with E-state index in [2.05, 4.69) is 49.6 Å². The highest BCUT2D eigenvalue weighted by Gasteiger charge is 2.15. The van der Waals surface area contributed by atoms with E-state index >= 15 is 0 Å². The molecule has 1 aromatic heterocycles. The van der Waals surface area contributed by atoms with E-state index < -0.39 is 0 Å². The lowest BCUT2D eigenvalue weighted by Crippen LogP contribution is -2.36. The minimum atomic E-state index is 0.773. The molecule has 1 saturated heterocycles. The fourth-order valence-corrected chi connectivity index (χ4v) is 2.53. The molecule has 0 spiro atoms. The van der Waals surface area contributed by atoms with Gasteiger partial charge in [-0.1, -0.05) is 0 Å². The minimum absolute atomic E-state index is 0.773. The molecule has 88 valence electrons. The molecule has 1 aliphatic rings. The second kappa shape index (κ2) is 4.73. The summed E-state index contributed by atoms with van der Waals surface area (Å²) in [6.45, 7) is 3.35. The molecule has 17 heavy (non-hydrogen) atoms. The molecule has 1 aliphatic heterocycles. The van der Waals surface area contributed by atoms with Gasteiger partial charge in [-0.05, 0) is 40.8 Å². The third kappa shape index (κ3) is 2.21. The van der Waals surface area contributed by atoms with Crippen LogP contribution in [0, 0.1) is 3.57 Å². The molecule has 4 nitrogen and oxygen atoms in total. The van der Waals surface area contributed by atoms with E-state index in [9.17, 15) is 0 Å². The molecule has 5 heteroatoms. The van der Waals surface area contributed by atoms with E-state index in [1.807, 2.05) is 6.07 Å². The number of rotatable bonds is 1. The van der Waals surface area contributed by atoms with Crippen molar-refractivity contribution in [2.45, 2.75) is 0 Å². The van der Waals surface area contributed by atoms with Crippen LogP contribution < -0.4 is 4.90 Å². The zero-order chi connectivity index (χ0) is 11.7. The molecule has 2 heterocycles. The van der Waals surface area contributed by atoms with Gasteiger partial charge < -0.3 is 9.64 Å². The Kier molecular flexibility index (Phi) is 3.11. The predicted molar refractivity (Wildman–Crippen MR) is 75.3 cm³/mol. The van der Waals surface area contributed by atoms with E-state index in [1.165, 1.54) is 3.57 Å².